The van der Waals surface area contributed by atoms with E-state index >= 15 is 0 Å². The summed E-state index contributed by atoms with van der Waals surface area (Å²) in [5, 5.41) is 12.4. The molecule has 0 fully saturated rings. The number of halogens is 3. The molecule has 100 valence electrons. The molecule has 0 saturated heterocycles. The summed E-state index contributed by atoms with van der Waals surface area (Å²) >= 11 is 0. The number of carbonyl (C=O) groups is 1. The molecule has 6 nitrogen and oxygen atoms in total. The highest BCUT2D eigenvalue weighted by Crippen LogP contribution is 2.28. The van der Waals surface area contributed by atoms with E-state index in [1.54, 1.807) is 0 Å². The molecule has 0 spiro atoms. The molecule has 0 aliphatic heterocycles. The van der Waals surface area contributed by atoms with Gasteiger partial charge in [-0.3, -0.25) is 0 Å². The molecule has 2 aromatic rings. The number of carboxylic acids is 1. The van der Waals surface area contributed by atoms with E-state index in [0.717, 1.165) is 12.4 Å². The van der Waals surface area contributed by atoms with Gasteiger partial charge < -0.3 is 9.63 Å². The molecule has 0 unspecified atom stereocenters. The van der Waals surface area contributed by atoms with Gasteiger partial charge in [0.2, 0.25) is 5.82 Å². The third kappa shape index (κ3) is 2.39. The van der Waals surface area contributed by atoms with E-state index in [0.29, 0.717) is 0 Å². The maximum Gasteiger partial charge on any atom is 0.451 e. The molecule has 0 aliphatic rings. The lowest BCUT2D eigenvalue weighted by atomic mass is 10.1. The molecule has 1 N–H and O–H groups in total. The molecule has 0 radical (unpaired) electrons. The Labute approximate surface area is 103 Å². The van der Waals surface area contributed by atoms with Crippen molar-refractivity contribution < 1.29 is 27.6 Å². The van der Waals surface area contributed by atoms with Crippen molar-refractivity contribution in [2.45, 2.75) is 13.1 Å². The molecular formula is C10H6F3N3O3. The van der Waals surface area contributed by atoms with E-state index in [9.17, 15) is 18.0 Å². The first-order chi connectivity index (χ1) is 8.80. The monoisotopic (exact) mass is 273 g/mol. The maximum absolute atomic E-state index is 12.3. The van der Waals surface area contributed by atoms with Crippen molar-refractivity contribution in [1.82, 2.24) is 15.1 Å². The van der Waals surface area contributed by atoms with Crippen molar-refractivity contribution in [3.8, 4) is 11.3 Å². The van der Waals surface area contributed by atoms with Gasteiger partial charge in [-0.15, -0.1) is 0 Å². The number of aromatic carboxylic acids is 1. The van der Waals surface area contributed by atoms with Gasteiger partial charge in [0.15, 0.2) is 0 Å². The molecular weight excluding hydrogens is 267 g/mol. The average Bonchev–Trinajstić information content (AvgIpc) is 2.70. The van der Waals surface area contributed by atoms with Crippen LogP contribution in [0.15, 0.2) is 16.9 Å². The van der Waals surface area contributed by atoms with E-state index in [-0.39, 0.29) is 22.6 Å². The lowest BCUT2D eigenvalue weighted by Crippen LogP contribution is -2.10. The fourth-order valence-electron chi connectivity index (χ4n) is 1.42. The molecule has 2 rings (SSSR count). The number of nitrogens with zero attached hydrogens (tertiary/aromatic N) is 3. The van der Waals surface area contributed by atoms with E-state index < -0.39 is 18.0 Å². The zero-order chi connectivity index (χ0) is 14.2. The first kappa shape index (κ1) is 13.0. The van der Waals surface area contributed by atoms with Crippen LogP contribution >= 0.6 is 0 Å². The number of aromatic nitrogens is 3. The van der Waals surface area contributed by atoms with Gasteiger partial charge in [0.1, 0.15) is 17.0 Å². The average molecular weight is 273 g/mol. The SMILES string of the molecule is Cc1onc(-c2cnc(C(F)(F)F)nc2)c1C(=O)O. The maximum atomic E-state index is 12.3. The molecule has 0 atom stereocenters. The van der Waals surface area contributed by atoms with Crippen LogP contribution < -0.4 is 0 Å². The van der Waals surface area contributed by atoms with Gasteiger partial charge in [-0.1, -0.05) is 5.16 Å². The van der Waals surface area contributed by atoms with Crippen LogP contribution in [0, 0.1) is 6.92 Å². The second-order valence-corrected chi connectivity index (χ2v) is 3.56. The highest BCUT2D eigenvalue weighted by molar-refractivity contribution is 5.95. The van der Waals surface area contributed by atoms with Crippen LogP contribution in [0.2, 0.25) is 0 Å². The molecule has 2 aromatic heterocycles. The van der Waals surface area contributed by atoms with Crippen LogP contribution in [0.5, 0.6) is 0 Å². The normalized spacial score (nSPS) is 11.6. The Kier molecular flexibility index (Phi) is 2.97. The number of hydrogen-bond acceptors (Lipinski definition) is 5. The molecule has 0 aliphatic carbocycles. The van der Waals surface area contributed by atoms with Crippen molar-refractivity contribution in [2.75, 3.05) is 0 Å². The smallest absolute Gasteiger partial charge is 0.451 e. The Morgan fingerprint density at radius 2 is 1.89 bits per heavy atom. The van der Waals surface area contributed by atoms with E-state index in [1.807, 2.05) is 0 Å². The summed E-state index contributed by atoms with van der Waals surface area (Å²) in [5.74, 6) is -2.57. The number of hydrogen-bond donors (Lipinski definition) is 1. The number of carboxylic acid groups (broad SMARTS) is 1. The van der Waals surface area contributed by atoms with Crippen LogP contribution in [0.3, 0.4) is 0 Å². The van der Waals surface area contributed by atoms with E-state index in [1.165, 1.54) is 6.92 Å². The van der Waals surface area contributed by atoms with E-state index in [2.05, 4.69) is 15.1 Å². The molecule has 0 amide bonds. The number of alkyl halides is 3. The summed E-state index contributed by atoms with van der Waals surface area (Å²) < 4.78 is 41.5. The van der Waals surface area contributed by atoms with Gasteiger partial charge >= 0.3 is 12.1 Å². The largest absolute Gasteiger partial charge is 0.477 e. The summed E-state index contributed by atoms with van der Waals surface area (Å²) in [5.41, 5.74) is -0.315. The molecule has 0 aromatic carbocycles. The van der Waals surface area contributed by atoms with Crippen molar-refractivity contribution in [3.63, 3.8) is 0 Å². The van der Waals surface area contributed by atoms with Gasteiger partial charge in [0.05, 0.1) is 0 Å². The van der Waals surface area contributed by atoms with Crippen LogP contribution in [0.25, 0.3) is 11.3 Å². The second-order valence-electron chi connectivity index (χ2n) is 3.56. The number of rotatable bonds is 2. The lowest BCUT2D eigenvalue weighted by Gasteiger charge is -2.04. The standard InChI is InChI=1S/C10H6F3N3O3/c1-4-6(8(17)18)7(16-19-4)5-2-14-9(15-3-5)10(11,12)13/h2-3H,1H3,(H,17,18). The Morgan fingerprint density at radius 1 is 1.32 bits per heavy atom. The predicted molar refractivity (Wildman–Crippen MR) is 54.2 cm³/mol. The van der Waals surface area contributed by atoms with Crippen molar-refractivity contribution in [1.29, 1.82) is 0 Å². The summed E-state index contributed by atoms with van der Waals surface area (Å²) in [6.07, 6.45) is -2.97. The second kappa shape index (κ2) is 4.34. The lowest BCUT2D eigenvalue weighted by molar-refractivity contribution is -0.144. The first-order valence-corrected chi connectivity index (χ1v) is 4.90. The van der Waals surface area contributed by atoms with Crippen molar-refractivity contribution >= 4 is 5.97 Å². The molecule has 9 heteroatoms. The topological polar surface area (TPSA) is 89.1 Å². The molecule has 19 heavy (non-hydrogen) atoms. The zero-order valence-electron chi connectivity index (χ0n) is 9.39. The van der Waals surface area contributed by atoms with Crippen molar-refractivity contribution in [2.24, 2.45) is 0 Å². The van der Waals surface area contributed by atoms with Crippen LogP contribution in [-0.4, -0.2) is 26.2 Å². The van der Waals surface area contributed by atoms with Crippen molar-refractivity contribution in [3.05, 3.63) is 29.5 Å². The summed E-state index contributed by atoms with van der Waals surface area (Å²) in [6, 6.07) is 0. The fraction of sp³-hybridized carbons (Fsp3) is 0.200. The third-order valence-electron chi connectivity index (χ3n) is 2.26. The Balaban J connectivity index is 2.46. The van der Waals surface area contributed by atoms with Gasteiger partial charge in [-0.2, -0.15) is 13.2 Å². The highest BCUT2D eigenvalue weighted by Gasteiger charge is 2.34. The van der Waals surface area contributed by atoms with Crippen LogP contribution in [0.1, 0.15) is 21.9 Å². The Hall–Kier alpha value is -2.45. The van der Waals surface area contributed by atoms with Gasteiger partial charge in [-0.05, 0) is 6.92 Å². The Morgan fingerprint density at radius 3 is 2.37 bits per heavy atom. The first-order valence-electron chi connectivity index (χ1n) is 4.90. The minimum absolute atomic E-state index is 0.0299. The summed E-state index contributed by atoms with van der Waals surface area (Å²) in [4.78, 5) is 17.2. The highest BCUT2D eigenvalue weighted by atomic mass is 19.4. The zero-order valence-corrected chi connectivity index (χ0v) is 9.39. The number of aryl methyl sites for hydroxylation is 1. The quantitative estimate of drug-likeness (QED) is 0.901. The minimum Gasteiger partial charge on any atom is -0.477 e. The summed E-state index contributed by atoms with van der Waals surface area (Å²) in [6.45, 7) is 1.38. The molecule has 2 heterocycles. The minimum atomic E-state index is -4.66. The van der Waals surface area contributed by atoms with Crippen LogP contribution in [-0.2, 0) is 6.18 Å². The molecule has 0 saturated carbocycles. The Bertz CT molecular complexity index is 619. The van der Waals surface area contributed by atoms with Crippen LogP contribution in [0.4, 0.5) is 13.2 Å². The van der Waals surface area contributed by atoms with Gasteiger partial charge in [0, 0.05) is 18.0 Å². The van der Waals surface area contributed by atoms with Gasteiger partial charge in [-0.25, -0.2) is 14.8 Å². The third-order valence-corrected chi connectivity index (χ3v) is 2.26. The fourth-order valence-corrected chi connectivity index (χ4v) is 1.42. The summed E-state index contributed by atoms with van der Waals surface area (Å²) in [7, 11) is 0. The molecule has 0 bridgehead atoms. The predicted octanol–water partition coefficient (Wildman–Crippen LogP) is 2.16. The van der Waals surface area contributed by atoms with Gasteiger partial charge in [0.25, 0.3) is 0 Å². The van der Waals surface area contributed by atoms with E-state index in [4.69, 9.17) is 9.63 Å².